The second kappa shape index (κ2) is 4.32. The number of unbranched alkanes of at least 4 members (excludes halogenated alkanes) is 2. The van der Waals surface area contributed by atoms with Gasteiger partial charge in [-0.3, -0.25) is 0 Å². The topological polar surface area (TPSA) is 0 Å². The van der Waals surface area contributed by atoms with Crippen LogP contribution in [-0.4, -0.2) is 0 Å². The molecule has 0 amide bonds. The first-order valence-electron chi connectivity index (χ1n) is 4.29. The average Bonchev–Trinajstić information content (AvgIpc) is 2.41. The summed E-state index contributed by atoms with van der Waals surface area (Å²) >= 11 is 0. The highest BCUT2D eigenvalue weighted by Gasteiger charge is 1.96. The van der Waals surface area contributed by atoms with E-state index >= 15 is 0 Å². The molecule has 0 aliphatic heterocycles. The first kappa shape index (κ1) is 7.59. The van der Waals surface area contributed by atoms with Gasteiger partial charge >= 0.3 is 0 Å². The van der Waals surface area contributed by atoms with Crippen molar-refractivity contribution in [2.24, 2.45) is 0 Å². The van der Waals surface area contributed by atoms with Crippen LogP contribution in [-0.2, 0) is 0 Å². The molecule has 0 aromatic rings. The Kier molecular flexibility index (Phi) is 3.28. The minimum atomic E-state index is 1.26. The van der Waals surface area contributed by atoms with E-state index in [9.17, 15) is 0 Å². The Morgan fingerprint density at radius 1 is 1.60 bits per heavy atom. The summed E-state index contributed by atoms with van der Waals surface area (Å²) in [5, 5.41) is 0. The minimum absolute atomic E-state index is 1.26. The number of rotatable bonds is 3. The van der Waals surface area contributed by atoms with Gasteiger partial charge in [0.05, 0.1) is 0 Å². The van der Waals surface area contributed by atoms with Gasteiger partial charge in [-0.1, -0.05) is 43.6 Å². The van der Waals surface area contributed by atoms with E-state index in [0.29, 0.717) is 0 Å². The van der Waals surface area contributed by atoms with Gasteiger partial charge in [-0.25, -0.2) is 0 Å². The lowest BCUT2D eigenvalue weighted by Gasteiger charge is -1.92. The summed E-state index contributed by atoms with van der Waals surface area (Å²) in [5.41, 5.74) is 1.55. The molecule has 0 heterocycles. The van der Waals surface area contributed by atoms with Crippen LogP contribution >= 0.6 is 0 Å². The van der Waals surface area contributed by atoms with Crippen molar-refractivity contribution in [2.45, 2.75) is 39.0 Å². The van der Waals surface area contributed by atoms with Crippen molar-refractivity contribution in [1.82, 2.24) is 0 Å². The predicted octanol–water partition coefficient (Wildman–Crippen LogP) is 3.45. The zero-order valence-corrected chi connectivity index (χ0v) is 6.77. The highest BCUT2D eigenvalue weighted by atomic mass is 14.0. The molecule has 0 spiro atoms. The van der Waals surface area contributed by atoms with Crippen molar-refractivity contribution in [3.63, 3.8) is 0 Å². The summed E-state index contributed by atoms with van der Waals surface area (Å²) in [4.78, 5) is 0. The van der Waals surface area contributed by atoms with Crippen LogP contribution in [0.25, 0.3) is 0 Å². The Balaban J connectivity index is 2.19. The van der Waals surface area contributed by atoms with Gasteiger partial charge in [0.2, 0.25) is 0 Å². The van der Waals surface area contributed by atoms with Crippen molar-refractivity contribution in [2.75, 3.05) is 0 Å². The molecule has 1 aliphatic carbocycles. The SMILES string of the molecule is CCCC/C=C1\C=CCC1. The molecule has 0 fully saturated rings. The van der Waals surface area contributed by atoms with Gasteiger partial charge in [0.15, 0.2) is 0 Å². The summed E-state index contributed by atoms with van der Waals surface area (Å²) < 4.78 is 0. The fraction of sp³-hybridized carbons (Fsp3) is 0.600. The molecule has 0 saturated heterocycles. The van der Waals surface area contributed by atoms with Gasteiger partial charge < -0.3 is 0 Å². The van der Waals surface area contributed by atoms with Crippen molar-refractivity contribution in [3.8, 4) is 0 Å². The number of hydrogen-bond acceptors (Lipinski definition) is 0. The molecule has 1 aliphatic rings. The molecule has 0 saturated carbocycles. The third-order valence-corrected chi connectivity index (χ3v) is 1.90. The molecule has 0 radical (unpaired) electrons. The Morgan fingerprint density at radius 2 is 2.50 bits per heavy atom. The summed E-state index contributed by atoms with van der Waals surface area (Å²) in [6.07, 6.45) is 13.4. The summed E-state index contributed by atoms with van der Waals surface area (Å²) in [6.45, 7) is 2.24. The van der Waals surface area contributed by atoms with Crippen LogP contribution in [0, 0.1) is 0 Å². The molecule has 0 aromatic carbocycles. The molecule has 0 unspecified atom stereocenters. The predicted molar refractivity (Wildman–Crippen MR) is 46.0 cm³/mol. The van der Waals surface area contributed by atoms with E-state index in [0.717, 1.165) is 0 Å². The Hall–Kier alpha value is -0.520. The minimum Gasteiger partial charge on any atom is -0.0839 e. The maximum Gasteiger partial charge on any atom is -0.0247 e. The van der Waals surface area contributed by atoms with E-state index in [1.807, 2.05) is 0 Å². The first-order chi connectivity index (χ1) is 4.93. The Morgan fingerprint density at radius 3 is 3.10 bits per heavy atom. The van der Waals surface area contributed by atoms with E-state index in [1.54, 1.807) is 5.57 Å². The summed E-state index contributed by atoms with van der Waals surface area (Å²) in [5.74, 6) is 0. The Bertz CT molecular complexity index is 140. The van der Waals surface area contributed by atoms with Crippen molar-refractivity contribution >= 4 is 0 Å². The van der Waals surface area contributed by atoms with Crippen molar-refractivity contribution in [3.05, 3.63) is 23.8 Å². The second-order valence-electron chi connectivity index (χ2n) is 2.86. The van der Waals surface area contributed by atoms with E-state index in [4.69, 9.17) is 0 Å². The van der Waals surface area contributed by atoms with Crippen LogP contribution < -0.4 is 0 Å². The third-order valence-electron chi connectivity index (χ3n) is 1.90. The monoisotopic (exact) mass is 136 g/mol. The van der Waals surface area contributed by atoms with Crippen LogP contribution in [0.15, 0.2) is 23.8 Å². The third kappa shape index (κ3) is 2.38. The normalized spacial score (nSPS) is 20.7. The largest absolute Gasteiger partial charge is 0.0839 e. The van der Waals surface area contributed by atoms with E-state index in [1.165, 1.54) is 32.1 Å². The highest BCUT2D eigenvalue weighted by Crippen LogP contribution is 2.16. The quantitative estimate of drug-likeness (QED) is 0.521. The lowest BCUT2D eigenvalue weighted by Crippen LogP contribution is -1.72. The highest BCUT2D eigenvalue weighted by molar-refractivity contribution is 5.23. The molecule has 0 bridgehead atoms. The fourth-order valence-electron chi connectivity index (χ4n) is 1.23. The first-order valence-corrected chi connectivity index (χ1v) is 4.29. The Labute approximate surface area is 63.6 Å². The maximum absolute atomic E-state index is 2.38. The summed E-state index contributed by atoms with van der Waals surface area (Å²) in [7, 11) is 0. The zero-order chi connectivity index (χ0) is 7.23. The van der Waals surface area contributed by atoms with Crippen LogP contribution in [0.1, 0.15) is 39.0 Å². The smallest absolute Gasteiger partial charge is 0.0247 e. The van der Waals surface area contributed by atoms with Gasteiger partial charge in [0, 0.05) is 0 Å². The maximum atomic E-state index is 2.38. The zero-order valence-electron chi connectivity index (χ0n) is 6.77. The molecule has 0 aromatic heterocycles. The molecular formula is C10H16. The van der Waals surface area contributed by atoms with Crippen molar-refractivity contribution < 1.29 is 0 Å². The second-order valence-corrected chi connectivity index (χ2v) is 2.86. The molecule has 10 heavy (non-hydrogen) atoms. The van der Waals surface area contributed by atoms with Crippen LogP contribution in [0.2, 0.25) is 0 Å². The van der Waals surface area contributed by atoms with Gasteiger partial charge in [0.1, 0.15) is 0 Å². The summed E-state index contributed by atoms with van der Waals surface area (Å²) in [6, 6.07) is 0. The van der Waals surface area contributed by atoms with Crippen molar-refractivity contribution in [1.29, 1.82) is 0 Å². The molecule has 0 N–H and O–H groups in total. The average molecular weight is 136 g/mol. The molecular weight excluding hydrogens is 120 g/mol. The molecule has 0 nitrogen and oxygen atoms in total. The van der Waals surface area contributed by atoms with E-state index < -0.39 is 0 Å². The van der Waals surface area contributed by atoms with Crippen LogP contribution in [0.4, 0.5) is 0 Å². The van der Waals surface area contributed by atoms with E-state index in [-0.39, 0.29) is 0 Å². The molecule has 56 valence electrons. The van der Waals surface area contributed by atoms with Gasteiger partial charge in [0.25, 0.3) is 0 Å². The van der Waals surface area contributed by atoms with Gasteiger partial charge in [-0.2, -0.15) is 0 Å². The van der Waals surface area contributed by atoms with Crippen LogP contribution in [0.3, 0.4) is 0 Å². The lowest BCUT2D eigenvalue weighted by atomic mass is 10.1. The van der Waals surface area contributed by atoms with Crippen LogP contribution in [0.5, 0.6) is 0 Å². The molecule has 0 heteroatoms. The lowest BCUT2D eigenvalue weighted by molar-refractivity contribution is 0.809. The fourth-order valence-corrected chi connectivity index (χ4v) is 1.23. The van der Waals surface area contributed by atoms with Gasteiger partial charge in [-0.15, -0.1) is 0 Å². The standard InChI is InChI=1S/C10H16/c1-2-3-4-7-10-8-5-6-9-10/h5,7-8H,2-4,6,9H2,1H3/b10-7+. The molecule has 0 atom stereocenters. The number of hydrogen-bond donors (Lipinski definition) is 0. The molecule has 1 rings (SSSR count). The number of allylic oxidation sites excluding steroid dienone is 4. The van der Waals surface area contributed by atoms with Gasteiger partial charge in [-0.05, 0) is 19.3 Å². The van der Waals surface area contributed by atoms with E-state index in [2.05, 4.69) is 25.2 Å².